The van der Waals surface area contributed by atoms with Gasteiger partial charge < -0.3 is 4.98 Å². The lowest BCUT2D eigenvalue weighted by Gasteiger charge is -2.25. The van der Waals surface area contributed by atoms with E-state index in [1.165, 1.54) is 12.8 Å². The van der Waals surface area contributed by atoms with E-state index in [2.05, 4.69) is 30.8 Å². The summed E-state index contributed by atoms with van der Waals surface area (Å²) in [5.74, 6) is 1.04. The molecule has 0 aliphatic rings. The van der Waals surface area contributed by atoms with Crippen LogP contribution in [0.1, 0.15) is 45.0 Å². The van der Waals surface area contributed by atoms with Crippen LogP contribution in [-0.4, -0.2) is 28.5 Å². The molecule has 0 saturated heterocycles. The number of rotatable bonds is 6. The van der Waals surface area contributed by atoms with E-state index in [-0.39, 0.29) is 0 Å². The Morgan fingerprint density at radius 2 is 2.16 bits per heavy atom. The number of hydrogen-bond acceptors (Lipinski definition) is 2. The number of imidazole rings is 1. The zero-order chi connectivity index (χ0) is 13.8. The van der Waals surface area contributed by atoms with E-state index >= 15 is 0 Å². The third kappa shape index (κ3) is 3.28. The maximum Gasteiger partial charge on any atom is 0.124 e. The Hall–Kier alpha value is -1.06. The number of aromatic amines is 1. The van der Waals surface area contributed by atoms with Crippen LogP contribution in [-0.2, 0) is 0 Å². The van der Waals surface area contributed by atoms with Gasteiger partial charge in [0.1, 0.15) is 5.82 Å². The lowest BCUT2D eigenvalue weighted by molar-refractivity contribution is 0.227. The molecule has 0 fully saturated rings. The Labute approximate surface area is 120 Å². The molecule has 19 heavy (non-hydrogen) atoms. The minimum atomic E-state index is 0.345. The monoisotopic (exact) mass is 279 g/mol. The molecule has 3 nitrogen and oxygen atoms in total. The van der Waals surface area contributed by atoms with E-state index in [0.717, 1.165) is 34.8 Å². The lowest BCUT2D eigenvalue weighted by atomic mass is 10.1. The third-order valence-electron chi connectivity index (χ3n) is 3.56. The second-order valence-corrected chi connectivity index (χ2v) is 5.48. The van der Waals surface area contributed by atoms with Gasteiger partial charge in [-0.15, -0.1) is 0 Å². The van der Waals surface area contributed by atoms with Gasteiger partial charge in [-0.25, -0.2) is 4.98 Å². The number of benzene rings is 1. The summed E-state index contributed by atoms with van der Waals surface area (Å²) >= 11 is 6.01. The summed E-state index contributed by atoms with van der Waals surface area (Å²) < 4.78 is 0. The maximum atomic E-state index is 6.01. The van der Waals surface area contributed by atoms with Crippen LogP contribution in [0.2, 0.25) is 5.02 Å². The zero-order valence-corrected chi connectivity index (χ0v) is 12.7. The van der Waals surface area contributed by atoms with Crippen molar-refractivity contribution in [1.82, 2.24) is 14.9 Å². The smallest absolute Gasteiger partial charge is 0.124 e. The molecule has 0 saturated carbocycles. The Morgan fingerprint density at radius 3 is 2.84 bits per heavy atom. The average Bonchev–Trinajstić information content (AvgIpc) is 2.79. The second kappa shape index (κ2) is 6.40. The largest absolute Gasteiger partial charge is 0.341 e. The summed E-state index contributed by atoms with van der Waals surface area (Å²) in [5, 5.41) is 0.745. The predicted molar refractivity (Wildman–Crippen MR) is 81.7 cm³/mol. The molecule has 2 aromatic rings. The molecule has 1 unspecified atom stereocenters. The molecule has 2 rings (SSSR count). The summed E-state index contributed by atoms with van der Waals surface area (Å²) in [4.78, 5) is 10.5. The van der Waals surface area contributed by atoms with Crippen LogP contribution in [0, 0.1) is 0 Å². The van der Waals surface area contributed by atoms with Crippen molar-refractivity contribution in [2.45, 2.75) is 39.2 Å². The molecular formula is C15H22ClN3. The van der Waals surface area contributed by atoms with Crippen molar-refractivity contribution < 1.29 is 0 Å². The fourth-order valence-corrected chi connectivity index (χ4v) is 2.61. The van der Waals surface area contributed by atoms with Crippen LogP contribution in [0.5, 0.6) is 0 Å². The van der Waals surface area contributed by atoms with Crippen molar-refractivity contribution in [1.29, 1.82) is 0 Å². The number of hydrogen-bond donors (Lipinski definition) is 1. The number of fused-ring (bicyclic) bond motifs is 1. The van der Waals surface area contributed by atoms with Crippen molar-refractivity contribution in [2.24, 2.45) is 0 Å². The first-order chi connectivity index (χ1) is 9.15. The molecule has 1 heterocycles. The molecule has 0 aliphatic heterocycles. The zero-order valence-electron chi connectivity index (χ0n) is 11.9. The van der Waals surface area contributed by atoms with Crippen molar-refractivity contribution in [3.05, 3.63) is 29.0 Å². The van der Waals surface area contributed by atoms with E-state index in [0.29, 0.717) is 6.04 Å². The quantitative estimate of drug-likeness (QED) is 0.850. The molecule has 0 radical (unpaired) electrons. The summed E-state index contributed by atoms with van der Waals surface area (Å²) in [6, 6.07) is 6.14. The molecular weight excluding hydrogens is 258 g/mol. The highest BCUT2D eigenvalue weighted by molar-refractivity contribution is 6.31. The van der Waals surface area contributed by atoms with Crippen molar-refractivity contribution in [3.63, 3.8) is 0 Å². The Morgan fingerprint density at radius 1 is 1.37 bits per heavy atom. The SMILES string of the molecule is CCCCN(C)C(CC)c1nc2ccc(Cl)cc2[nH]1. The maximum absolute atomic E-state index is 6.01. The fraction of sp³-hybridized carbons (Fsp3) is 0.533. The highest BCUT2D eigenvalue weighted by Crippen LogP contribution is 2.24. The molecule has 0 amide bonds. The molecule has 0 spiro atoms. The van der Waals surface area contributed by atoms with E-state index < -0.39 is 0 Å². The normalized spacial score (nSPS) is 13.3. The van der Waals surface area contributed by atoms with Crippen LogP contribution in [0.25, 0.3) is 11.0 Å². The first kappa shape index (κ1) is 14.4. The minimum absolute atomic E-state index is 0.345. The molecule has 0 bridgehead atoms. The van der Waals surface area contributed by atoms with Gasteiger partial charge in [-0.2, -0.15) is 0 Å². The number of halogens is 1. The standard InChI is InChI=1S/C15H22ClN3/c1-4-6-9-19(3)14(5-2)15-17-12-8-7-11(16)10-13(12)18-15/h7-8,10,14H,4-6,9H2,1-3H3,(H,17,18). The first-order valence-corrected chi connectivity index (χ1v) is 7.38. The Balaban J connectivity index is 2.24. The lowest BCUT2D eigenvalue weighted by Crippen LogP contribution is -2.26. The van der Waals surface area contributed by atoms with Crippen LogP contribution in [0.4, 0.5) is 0 Å². The molecule has 1 N–H and O–H groups in total. The fourth-order valence-electron chi connectivity index (χ4n) is 2.44. The number of nitrogens with zero attached hydrogens (tertiary/aromatic N) is 2. The highest BCUT2D eigenvalue weighted by Gasteiger charge is 2.18. The van der Waals surface area contributed by atoms with Crippen LogP contribution < -0.4 is 0 Å². The van der Waals surface area contributed by atoms with Gasteiger partial charge in [0.15, 0.2) is 0 Å². The minimum Gasteiger partial charge on any atom is -0.341 e. The van der Waals surface area contributed by atoms with E-state index in [1.54, 1.807) is 0 Å². The number of unbranched alkanes of at least 4 members (excludes halogenated alkanes) is 1. The number of aromatic nitrogens is 2. The molecule has 1 atom stereocenters. The van der Waals surface area contributed by atoms with E-state index in [4.69, 9.17) is 16.6 Å². The average molecular weight is 280 g/mol. The molecule has 104 valence electrons. The third-order valence-corrected chi connectivity index (χ3v) is 3.80. The molecule has 0 aliphatic carbocycles. The predicted octanol–water partition coefficient (Wildman–Crippen LogP) is 4.40. The summed E-state index contributed by atoms with van der Waals surface area (Å²) in [6.07, 6.45) is 3.49. The van der Waals surface area contributed by atoms with Gasteiger partial charge in [-0.3, -0.25) is 4.90 Å². The topological polar surface area (TPSA) is 31.9 Å². The van der Waals surface area contributed by atoms with E-state index in [9.17, 15) is 0 Å². The first-order valence-electron chi connectivity index (χ1n) is 7.01. The van der Waals surface area contributed by atoms with Crippen LogP contribution in [0.15, 0.2) is 18.2 Å². The summed E-state index contributed by atoms with van der Waals surface area (Å²) in [6.45, 7) is 5.53. The molecule has 1 aromatic heterocycles. The van der Waals surface area contributed by atoms with Crippen molar-refractivity contribution in [2.75, 3.05) is 13.6 Å². The van der Waals surface area contributed by atoms with Gasteiger partial charge in [0.05, 0.1) is 17.1 Å². The molecule has 1 aromatic carbocycles. The Kier molecular flexibility index (Phi) is 4.83. The van der Waals surface area contributed by atoms with Gasteiger partial charge in [0.25, 0.3) is 0 Å². The number of nitrogens with one attached hydrogen (secondary N) is 1. The molecule has 4 heteroatoms. The Bertz CT molecular complexity index is 535. The highest BCUT2D eigenvalue weighted by atomic mass is 35.5. The second-order valence-electron chi connectivity index (χ2n) is 5.04. The van der Waals surface area contributed by atoms with Gasteiger partial charge in [0, 0.05) is 5.02 Å². The van der Waals surface area contributed by atoms with E-state index in [1.807, 2.05) is 18.2 Å². The van der Waals surface area contributed by atoms with Gasteiger partial charge in [0.2, 0.25) is 0 Å². The van der Waals surface area contributed by atoms with Gasteiger partial charge >= 0.3 is 0 Å². The van der Waals surface area contributed by atoms with Crippen molar-refractivity contribution >= 4 is 22.6 Å². The van der Waals surface area contributed by atoms with Gasteiger partial charge in [-0.1, -0.05) is 31.9 Å². The summed E-state index contributed by atoms with van der Waals surface area (Å²) in [7, 11) is 2.17. The summed E-state index contributed by atoms with van der Waals surface area (Å²) in [5.41, 5.74) is 2.01. The van der Waals surface area contributed by atoms with Crippen molar-refractivity contribution in [3.8, 4) is 0 Å². The van der Waals surface area contributed by atoms with Crippen LogP contribution in [0.3, 0.4) is 0 Å². The van der Waals surface area contributed by atoms with Gasteiger partial charge in [-0.05, 0) is 44.6 Å². The number of H-pyrrole nitrogens is 1. The van der Waals surface area contributed by atoms with Crippen LogP contribution >= 0.6 is 11.6 Å².